The van der Waals surface area contributed by atoms with Gasteiger partial charge < -0.3 is 15.1 Å². The number of anilines is 1. The molecule has 3 aromatic carbocycles. The number of likely N-dealkylation sites (tertiary alicyclic amines) is 1. The number of carbonyl (C=O) groups is 2. The van der Waals surface area contributed by atoms with E-state index in [4.69, 9.17) is 29.8 Å². The highest BCUT2D eigenvalue weighted by molar-refractivity contribution is 6.35. The summed E-state index contributed by atoms with van der Waals surface area (Å²) in [6.45, 7) is 10.8. The van der Waals surface area contributed by atoms with Crippen molar-refractivity contribution < 1.29 is 9.59 Å². The van der Waals surface area contributed by atoms with Crippen molar-refractivity contribution in [3.05, 3.63) is 93.8 Å². The van der Waals surface area contributed by atoms with Crippen molar-refractivity contribution in [1.82, 2.24) is 9.80 Å². The van der Waals surface area contributed by atoms with Crippen LogP contribution in [0.3, 0.4) is 0 Å². The van der Waals surface area contributed by atoms with Gasteiger partial charge in [-0.15, -0.1) is 0 Å². The maximum atomic E-state index is 13.3. The number of nitrogens with one attached hydrogen (secondary N) is 1. The van der Waals surface area contributed by atoms with Crippen molar-refractivity contribution in [3.63, 3.8) is 0 Å². The van der Waals surface area contributed by atoms with Crippen molar-refractivity contribution in [1.29, 1.82) is 0 Å². The average molecular weight is 550 g/mol. The molecule has 0 aromatic heterocycles. The van der Waals surface area contributed by atoms with Crippen molar-refractivity contribution in [2.45, 2.75) is 25.7 Å². The molecule has 1 fully saturated rings. The standard InChI is InChI=1S/C30H30Cl2N4O2/c1-33-27-7-4-6-24(17-27)23-10-8-22(9-11-23)16-30(38)36(15-5-14-35-12-2-3-13-35)21-29(37)34-28-19-25(31)18-26(32)20-28/h4,6-11,17-20H,2-3,5,12-16,21H2,(H,34,37). The molecular weight excluding hydrogens is 519 g/mol. The van der Waals surface area contributed by atoms with Crippen molar-refractivity contribution in [2.75, 3.05) is 38.0 Å². The number of benzene rings is 3. The number of rotatable bonds is 10. The van der Waals surface area contributed by atoms with E-state index in [0.29, 0.717) is 28.0 Å². The molecule has 196 valence electrons. The second kappa shape index (κ2) is 13.4. The van der Waals surface area contributed by atoms with Gasteiger partial charge in [0, 0.05) is 22.3 Å². The van der Waals surface area contributed by atoms with Crippen LogP contribution in [0.1, 0.15) is 24.8 Å². The van der Waals surface area contributed by atoms with Crippen molar-refractivity contribution in [2.24, 2.45) is 0 Å². The first-order valence-electron chi connectivity index (χ1n) is 12.7. The van der Waals surface area contributed by atoms with Crippen LogP contribution in [-0.2, 0) is 16.0 Å². The topological polar surface area (TPSA) is 57.0 Å². The third-order valence-corrected chi connectivity index (χ3v) is 6.99. The van der Waals surface area contributed by atoms with Gasteiger partial charge in [0.15, 0.2) is 5.69 Å². The Morgan fingerprint density at radius 1 is 0.947 bits per heavy atom. The Hall–Kier alpha value is -3.37. The smallest absolute Gasteiger partial charge is 0.243 e. The van der Waals surface area contributed by atoms with Crippen LogP contribution < -0.4 is 5.32 Å². The molecule has 0 unspecified atom stereocenters. The van der Waals surface area contributed by atoms with Gasteiger partial charge in [0.2, 0.25) is 11.8 Å². The minimum absolute atomic E-state index is 0.0511. The lowest BCUT2D eigenvalue weighted by atomic mass is 10.0. The lowest BCUT2D eigenvalue weighted by molar-refractivity contribution is -0.134. The Kier molecular flexibility index (Phi) is 9.78. The molecule has 3 aromatic rings. The zero-order valence-electron chi connectivity index (χ0n) is 21.1. The lowest BCUT2D eigenvalue weighted by Crippen LogP contribution is -2.40. The first kappa shape index (κ1) is 27.7. The molecule has 0 saturated carbocycles. The fourth-order valence-corrected chi connectivity index (χ4v) is 5.17. The number of hydrogen-bond acceptors (Lipinski definition) is 3. The molecule has 38 heavy (non-hydrogen) atoms. The number of hydrogen-bond donors (Lipinski definition) is 1. The van der Waals surface area contributed by atoms with Gasteiger partial charge in [0.1, 0.15) is 0 Å². The summed E-state index contributed by atoms with van der Waals surface area (Å²) in [5.74, 6) is -0.402. The quantitative estimate of drug-likeness (QED) is 0.286. The zero-order valence-corrected chi connectivity index (χ0v) is 22.6. The minimum atomic E-state index is -0.298. The first-order valence-corrected chi connectivity index (χ1v) is 13.5. The maximum absolute atomic E-state index is 13.3. The predicted octanol–water partition coefficient (Wildman–Crippen LogP) is 6.71. The van der Waals surface area contributed by atoms with E-state index in [1.165, 1.54) is 12.8 Å². The number of nitrogens with zero attached hydrogens (tertiary/aromatic N) is 3. The highest BCUT2D eigenvalue weighted by atomic mass is 35.5. The Balaban J connectivity index is 1.41. The third-order valence-electron chi connectivity index (χ3n) is 6.55. The van der Waals surface area contributed by atoms with E-state index in [0.717, 1.165) is 42.7 Å². The van der Waals surface area contributed by atoms with E-state index >= 15 is 0 Å². The second-order valence-electron chi connectivity index (χ2n) is 9.46. The first-order chi connectivity index (χ1) is 18.4. The van der Waals surface area contributed by atoms with Gasteiger partial charge in [-0.05, 0) is 79.9 Å². The van der Waals surface area contributed by atoms with Crippen LogP contribution in [0.25, 0.3) is 16.0 Å². The van der Waals surface area contributed by atoms with E-state index in [-0.39, 0.29) is 24.8 Å². The molecular formula is C30H30Cl2N4O2. The molecule has 0 radical (unpaired) electrons. The SMILES string of the molecule is [C-]#[N+]c1cccc(-c2ccc(CC(=O)N(CCCN3CCCC3)CC(=O)Nc3cc(Cl)cc(Cl)c3)cc2)c1. The Labute approximate surface area is 234 Å². The molecule has 0 spiro atoms. The largest absolute Gasteiger partial charge is 0.333 e. The molecule has 1 heterocycles. The summed E-state index contributed by atoms with van der Waals surface area (Å²) in [6.07, 6.45) is 3.43. The van der Waals surface area contributed by atoms with Gasteiger partial charge in [0.25, 0.3) is 0 Å². The van der Waals surface area contributed by atoms with Crippen LogP contribution in [0.4, 0.5) is 11.4 Å². The van der Waals surface area contributed by atoms with Gasteiger partial charge in [-0.1, -0.05) is 65.7 Å². The fourth-order valence-electron chi connectivity index (χ4n) is 4.64. The van der Waals surface area contributed by atoms with Gasteiger partial charge in [0.05, 0.1) is 19.5 Å². The van der Waals surface area contributed by atoms with Gasteiger partial charge in [-0.3, -0.25) is 9.59 Å². The van der Waals surface area contributed by atoms with E-state index < -0.39 is 0 Å². The number of carbonyl (C=O) groups excluding carboxylic acids is 2. The summed E-state index contributed by atoms with van der Waals surface area (Å²) >= 11 is 12.1. The Bertz CT molecular complexity index is 1290. The number of halogens is 2. The highest BCUT2D eigenvalue weighted by Crippen LogP contribution is 2.25. The molecule has 8 heteroatoms. The Morgan fingerprint density at radius 2 is 1.66 bits per heavy atom. The van der Waals surface area contributed by atoms with E-state index in [1.807, 2.05) is 42.5 Å². The predicted molar refractivity (Wildman–Crippen MR) is 154 cm³/mol. The molecule has 0 bridgehead atoms. The van der Waals surface area contributed by atoms with Gasteiger partial charge >= 0.3 is 0 Å². The monoisotopic (exact) mass is 548 g/mol. The van der Waals surface area contributed by atoms with E-state index in [1.54, 1.807) is 29.2 Å². The molecule has 0 aliphatic carbocycles. The summed E-state index contributed by atoms with van der Waals surface area (Å²) in [5.41, 5.74) is 3.89. The van der Waals surface area contributed by atoms with Crippen molar-refractivity contribution >= 4 is 46.4 Å². The minimum Gasteiger partial charge on any atom is -0.333 e. The molecule has 1 aliphatic heterocycles. The second-order valence-corrected chi connectivity index (χ2v) is 10.3. The van der Waals surface area contributed by atoms with Crippen LogP contribution >= 0.6 is 23.2 Å². The van der Waals surface area contributed by atoms with Gasteiger partial charge in [-0.2, -0.15) is 0 Å². The van der Waals surface area contributed by atoms with Crippen LogP contribution in [0.5, 0.6) is 0 Å². The molecule has 1 saturated heterocycles. The summed E-state index contributed by atoms with van der Waals surface area (Å²) in [6, 6.07) is 20.1. The van der Waals surface area contributed by atoms with Crippen molar-refractivity contribution in [3.8, 4) is 11.1 Å². The molecule has 4 rings (SSSR count). The average Bonchev–Trinajstić information content (AvgIpc) is 3.41. The van der Waals surface area contributed by atoms with Crippen LogP contribution in [-0.4, -0.2) is 54.3 Å². The summed E-state index contributed by atoms with van der Waals surface area (Å²) in [7, 11) is 0. The molecule has 6 nitrogen and oxygen atoms in total. The van der Waals surface area contributed by atoms with E-state index in [9.17, 15) is 9.59 Å². The van der Waals surface area contributed by atoms with Crippen LogP contribution in [0.15, 0.2) is 66.7 Å². The van der Waals surface area contributed by atoms with Gasteiger partial charge in [-0.25, -0.2) is 4.85 Å². The highest BCUT2D eigenvalue weighted by Gasteiger charge is 2.19. The summed E-state index contributed by atoms with van der Waals surface area (Å²) in [4.78, 5) is 33.7. The summed E-state index contributed by atoms with van der Waals surface area (Å²) in [5, 5.41) is 3.66. The normalized spacial score (nSPS) is 13.2. The molecule has 0 atom stereocenters. The van der Waals surface area contributed by atoms with Crippen LogP contribution in [0.2, 0.25) is 10.0 Å². The third kappa shape index (κ3) is 8.06. The van der Waals surface area contributed by atoms with E-state index in [2.05, 4.69) is 15.1 Å². The number of amides is 2. The van der Waals surface area contributed by atoms with Crippen LogP contribution in [0, 0.1) is 6.57 Å². The molecule has 1 N–H and O–H groups in total. The molecule has 1 aliphatic rings. The summed E-state index contributed by atoms with van der Waals surface area (Å²) < 4.78 is 0. The Morgan fingerprint density at radius 3 is 2.34 bits per heavy atom. The fraction of sp³-hybridized carbons (Fsp3) is 0.300. The maximum Gasteiger partial charge on any atom is 0.243 e. The lowest BCUT2D eigenvalue weighted by Gasteiger charge is -2.24. The molecule has 2 amide bonds. The zero-order chi connectivity index (χ0) is 26.9.